The number of hydrogen-bond acceptors (Lipinski definition) is 3. The molecule has 1 aliphatic heterocycles. The van der Waals surface area contributed by atoms with Crippen molar-refractivity contribution in [2.45, 2.75) is 18.9 Å². The first-order chi connectivity index (χ1) is 7.18. The Bertz CT molecular complexity index is 336. The standard InChI is InChI=1S/C10H13Cl2NOS/c11-8-4-7(10(12)15-8)9(13)6-2-1-3-14-5-6/h4,6,9H,1-3,5,13H2. The number of nitrogens with two attached hydrogens (primary N) is 1. The lowest BCUT2D eigenvalue weighted by molar-refractivity contribution is 0.0448. The normalized spacial score (nSPS) is 24.1. The third kappa shape index (κ3) is 2.66. The minimum Gasteiger partial charge on any atom is -0.381 e. The Kier molecular flexibility index (Phi) is 3.91. The van der Waals surface area contributed by atoms with Crippen LogP contribution in [0.2, 0.25) is 8.67 Å². The van der Waals surface area contributed by atoms with Crippen LogP contribution < -0.4 is 5.73 Å². The van der Waals surface area contributed by atoms with Crippen molar-refractivity contribution in [3.8, 4) is 0 Å². The van der Waals surface area contributed by atoms with Gasteiger partial charge in [-0.05, 0) is 18.9 Å². The molecule has 2 nitrogen and oxygen atoms in total. The van der Waals surface area contributed by atoms with Gasteiger partial charge in [-0.15, -0.1) is 11.3 Å². The van der Waals surface area contributed by atoms with Crippen molar-refractivity contribution in [2.75, 3.05) is 13.2 Å². The van der Waals surface area contributed by atoms with E-state index in [9.17, 15) is 0 Å². The lowest BCUT2D eigenvalue weighted by Crippen LogP contribution is -2.28. The maximum Gasteiger partial charge on any atom is 0.0992 e. The summed E-state index contributed by atoms with van der Waals surface area (Å²) in [5.74, 6) is 0.363. The molecule has 84 valence electrons. The predicted molar refractivity (Wildman–Crippen MR) is 64.8 cm³/mol. The number of halogens is 2. The van der Waals surface area contributed by atoms with Crippen LogP contribution in [-0.2, 0) is 4.74 Å². The molecule has 0 saturated carbocycles. The molecule has 0 bridgehead atoms. The Balaban J connectivity index is 2.12. The zero-order valence-corrected chi connectivity index (χ0v) is 10.5. The summed E-state index contributed by atoms with van der Waals surface area (Å²) in [6, 6.07) is 1.81. The second kappa shape index (κ2) is 5.02. The molecule has 0 amide bonds. The van der Waals surface area contributed by atoms with Crippen molar-refractivity contribution in [2.24, 2.45) is 11.7 Å². The van der Waals surface area contributed by atoms with E-state index in [1.165, 1.54) is 11.3 Å². The highest BCUT2D eigenvalue weighted by molar-refractivity contribution is 7.20. The zero-order valence-electron chi connectivity index (χ0n) is 8.21. The van der Waals surface area contributed by atoms with Gasteiger partial charge in [-0.25, -0.2) is 0 Å². The molecule has 1 saturated heterocycles. The average molecular weight is 266 g/mol. The fraction of sp³-hybridized carbons (Fsp3) is 0.600. The van der Waals surface area contributed by atoms with Crippen LogP contribution in [0, 0.1) is 5.92 Å². The Morgan fingerprint density at radius 1 is 1.53 bits per heavy atom. The van der Waals surface area contributed by atoms with Gasteiger partial charge in [0.1, 0.15) is 0 Å². The van der Waals surface area contributed by atoms with E-state index in [0.29, 0.717) is 14.6 Å². The maximum absolute atomic E-state index is 6.17. The predicted octanol–water partition coefficient (Wildman–Crippen LogP) is 3.48. The van der Waals surface area contributed by atoms with Crippen LogP contribution in [0.3, 0.4) is 0 Å². The summed E-state index contributed by atoms with van der Waals surface area (Å²) in [4.78, 5) is 0. The Morgan fingerprint density at radius 3 is 2.87 bits per heavy atom. The summed E-state index contributed by atoms with van der Waals surface area (Å²) in [6.07, 6.45) is 2.18. The van der Waals surface area contributed by atoms with Crippen LogP contribution >= 0.6 is 34.5 Å². The number of rotatable bonds is 2. The van der Waals surface area contributed by atoms with Crippen LogP contribution in [0.5, 0.6) is 0 Å². The molecule has 15 heavy (non-hydrogen) atoms. The van der Waals surface area contributed by atoms with Crippen LogP contribution in [0.15, 0.2) is 6.07 Å². The van der Waals surface area contributed by atoms with Gasteiger partial charge in [-0.2, -0.15) is 0 Å². The third-order valence-corrected chi connectivity index (χ3v) is 4.26. The van der Waals surface area contributed by atoms with Crippen LogP contribution in [0.1, 0.15) is 24.4 Å². The SMILES string of the molecule is NC(c1cc(Cl)sc1Cl)C1CCCOC1. The summed E-state index contributed by atoms with van der Waals surface area (Å²) in [7, 11) is 0. The highest BCUT2D eigenvalue weighted by Crippen LogP contribution is 2.38. The molecule has 2 heterocycles. The second-order valence-electron chi connectivity index (χ2n) is 3.78. The summed E-state index contributed by atoms with van der Waals surface area (Å²) in [5, 5.41) is 0. The summed E-state index contributed by atoms with van der Waals surface area (Å²) in [6.45, 7) is 1.58. The first-order valence-electron chi connectivity index (χ1n) is 4.96. The molecule has 2 atom stereocenters. The molecule has 2 unspecified atom stereocenters. The van der Waals surface area contributed by atoms with Gasteiger partial charge >= 0.3 is 0 Å². The van der Waals surface area contributed by atoms with Gasteiger partial charge in [-0.1, -0.05) is 23.2 Å². The van der Waals surface area contributed by atoms with Crippen molar-refractivity contribution >= 4 is 34.5 Å². The van der Waals surface area contributed by atoms with Gasteiger partial charge in [-0.3, -0.25) is 0 Å². The summed E-state index contributed by atoms with van der Waals surface area (Å²) >= 11 is 13.3. The van der Waals surface area contributed by atoms with Gasteiger partial charge in [0.25, 0.3) is 0 Å². The molecule has 1 aliphatic rings. The van der Waals surface area contributed by atoms with E-state index >= 15 is 0 Å². The van der Waals surface area contributed by atoms with E-state index in [-0.39, 0.29) is 6.04 Å². The van der Waals surface area contributed by atoms with E-state index in [2.05, 4.69) is 0 Å². The Labute approximate surface area is 103 Å². The highest BCUT2D eigenvalue weighted by atomic mass is 35.5. The zero-order chi connectivity index (χ0) is 10.8. The van der Waals surface area contributed by atoms with E-state index in [1.54, 1.807) is 0 Å². The van der Waals surface area contributed by atoms with Crippen molar-refractivity contribution in [1.82, 2.24) is 0 Å². The fourth-order valence-electron chi connectivity index (χ4n) is 1.88. The van der Waals surface area contributed by atoms with E-state index < -0.39 is 0 Å². The molecule has 1 aromatic heterocycles. The molecule has 0 radical (unpaired) electrons. The highest BCUT2D eigenvalue weighted by Gasteiger charge is 2.25. The van der Waals surface area contributed by atoms with E-state index in [1.807, 2.05) is 6.07 Å². The first kappa shape index (κ1) is 11.7. The molecule has 1 aromatic rings. The monoisotopic (exact) mass is 265 g/mol. The van der Waals surface area contributed by atoms with Gasteiger partial charge < -0.3 is 10.5 Å². The summed E-state index contributed by atoms with van der Waals surface area (Å²) < 4.78 is 6.82. The number of hydrogen-bond donors (Lipinski definition) is 1. The fourth-order valence-corrected chi connectivity index (χ4v) is 3.45. The van der Waals surface area contributed by atoms with Crippen molar-refractivity contribution in [3.05, 3.63) is 20.3 Å². The lowest BCUT2D eigenvalue weighted by atomic mass is 9.91. The van der Waals surface area contributed by atoms with Crippen LogP contribution in [0.25, 0.3) is 0 Å². The first-order valence-corrected chi connectivity index (χ1v) is 6.54. The molecular weight excluding hydrogens is 253 g/mol. The smallest absolute Gasteiger partial charge is 0.0992 e. The summed E-state index contributed by atoms with van der Waals surface area (Å²) in [5.41, 5.74) is 7.13. The van der Waals surface area contributed by atoms with Crippen molar-refractivity contribution in [1.29, 1.82) is 0 Å². The average Bonchev–Trinajstić information content (AvgIpc) is 2.58. The topological polar surface area (TPSA) is 35.2 Å². The molecule has 5 heteroatoms. The van der Waals surface area contributed by atoms with Gasteiger partial charge in [0.2, 0.25) is 0 Å². The molecule has 0 aliphatic carbocycles. The van der Waals surface area contributed by atoms with Gasteiger partial charge in [0, 0.05) is 24.1 Å². The molecule has 0 aromatic carbocycles. The number of thiophene rings is 1. The van der Waals surface area contributed by atoms with E-state index in [4.69, 9.17) is 33.7 Å². The van der Waals surface area contributed by atoms with Crippen LogP contribution in [0.4, 0.5) is 0 Å². The van der Waals surface area contributed by atoms with Crippen LogP contribution in [-0.4, -0.2) is 13.2 Å². The van der Waals surface area contributed by atoms with Crippen molar-refractivity contribution < 1.29 is 4.74 Å². The maximum atomic E-state index is 6.17. The lowest BCUT2D eigenvalue weighted by Gasteiger charge is -2.27. The molecular formula is C10H13Cl2NOS. The van der Waals surface area contributed by atoms with E-state index in [0.717, 1.165) is 31.6 Å². The Hall–Kier alpha value is 0.200. The van der Waals surface area contributed by atoms with Crippen molar-refractivity contribution in [3.63, 3.8) is 0 Å². The second-order valence-corrected chi connectivity index (χ2v) is 6.07. The number of ether oxygens (including phenoxy) is 1. The minimum absolute atomic E-state index is 0.0541. The minimum atomic E-state index is -0.0541. The molecule has 1 fully saturated rings. The molecule has 2 rings (SSSR count). The Morgan fingerprint density at radius 2 is 2.33 bits per heavy atom. The van der Waals surface area contributed by atoms with Gasteiger partial charge in [0.05, 0.1) is 15.3 Å². The quantitative estimate of drug-likeness (QED) is 0.889. The molecule has 0 spiro atoms. The van der Waals surface area contributed by atoms with Gasteiger partial charge in [0.15, 0.2) is 0 Å². The largest absolute Gasteiger partial charge is 0.381 e. The third-order valence-electron chi connectivity index (χ3n) is 2.75. The molecule has 2 N–H and O–H groups in total.